The molecule has 0 radical (unpaired) electrons. The SMILES string of the molecule is O=C(NCc1cscn1)C(=O)[C@@H](Cc1ccccc1)NC(=O)[C@H]1COCCN1C(=O)C1CCC(F)(F)CC1. The van der Waals surface area contributed by atoms with Gasteiger partial charge in [0.15, 0.2) is 0 Å². The van der Waals surface area contributed by atoms with Crippen molar-refractivity contribution >= 4 is 34.8 Å². The molecule has 1 saturated heterocycles. The van der Waals surface area contributed by atoms with Gasteiger partial charge in [0, 0.05) is 37.1 Å². The van der Waals surface area contributed by atoms with Crippen LogP contribution in [0.3, 0.4) is 0 Å². The Morgan fingerprint density at radius 1 is 1.16 bits per heavy atom. The lowest BCUT2D eigenvalue weighted by Crippen LogP contribution is -2.60. The lowest BCUT2D eigenvalue weighted by Gasteiger charge is -2.38. The van der Waals surface area contributed by atoms with Crippen LogP contribution in [0.4, 0.5) is 8.78 Å². The molecule has 1 saturated carbocycles. The van der Waals surface area contributed by atoms with E-state index in [-0.39, 0.29) is 64.3 Å². The van der Waals surface area contributed by atoms with E-state index in [1.807, 2.05) is 6.07 Å². The molecule has 1 aromatic heterocycles. The Balaban J connectivity index is 1.45. The average molecular weight is 549 g/mol. The van der Waals surface area contributed by atoms with Gasteiger partial charge in [0.2, 0.25) is 23.5 Å². The third kappa shape index (κ3) is 7.19. The maximum absolute atomic E-state index is 13.6. The fourth-order valence-corrected chi connectivity index (χ4v) is 5.23. The van der Waals surface area contributed by atoms with Crippen molar-refractivity contribution in [1.82, 2.24) is 20.5 Å². The third-order valence-corrected chi connectivity index (χ3v) is 7.47. The first-order valence-corrected chi connectivity index (χ1v) is 13.5. The number of aromatic nitrogens is 1. The number of nitrogens with one attached hydrogen (secondary N) is 2. The summed E-state index contributed by atoms with van der Waals surface area (Å²) in [6, 6.07) is 6.70. The number of morpholine rings is 1. The van der Waals surface area contributed by atoms with Crippen molar-refractivity contribution in [1.29, 1.82) is 0 Å². The van der Waals surface area contributed by atoms with Crippen molar-refractivity contribution in [2.75, 3.05) is 19.8 Å². The van der Waals surface area contributed by atoms with E-state index in [9.17, 15) is 28.0 Å². The molecule has 2 fully saturated rings. The number of hydrogen-bond acceptors (Lipinski definition) is 7. The Kier molecular flexibility index (Phi) is 9.16. The number of rotatable bonds is 9. The number of amides is 3. The van der Waals surface area contributed by atoms with E-state index in [0.717, 1.165) is 5.56 Å². The van der Waals surface area contributed by atoms with Crippen LogP contribution in [0.1, 0.15) is 36.9 Å². The third-order valence-electron chi connectivity index (χ3n) is 6.83. The van der Waals surface area contributed by atoms with E-state index in [0.29, 0.717) is 5.69 Å². The van der Waals surface area contributed by atoms with Crippen molar-refractivity contribution in [3.63, 3.8) is 0 Å². The largest absolute Gasteiger partial charge is 0.377 e. The summed E-state index contributed by atoms with van der Waals surface area (Å²) >= 11 is 1.36. The van der Waals surface area contributed by atoms with E-state index < -0.39 is 41.5 Å². The topological polar surface area (TPSA) is 118 Å². The Morgan fingerprint density at radius 2 is 1.89 bits per heavy atom. The molecule has 1 aromatic carbocycles. The molecule has 2 aromatic rings. The quantitative estimate of drug-likeness (QED) is 0.464. The Labute approximate surface area is 222 Å². The second-order valence-corrected chi connectivity index (χ2v) is 10.2. The molecule has 2 atom stereocenters. The maximum atomic E-state index is 13.6. The van der Waals surface area contributed by atoms with Crippen LogP contribution < -0.4 is 10.6 Å². The molecule has 38 heavy (non-hydrogen) atoms. The molecule has 0 bridgehead atoms. The van der Waals surface area contributed by atoms with Crippen LogP contribution in [0, 0.1) is 5.92 Å². The van der Waals surface area contributed by atoms with E-state index in [1.54, 1.807) is 35.2 Å². The van der Waals surface area contributed by atoms with Gasteiger partial charge in [-0.05, 0) is 18.4 Å². The maximum Gasteiger partial charge on any atom is 0.289 e. The summed E-state index contributed by atoms with van der Waals surface area (Å²) in [5, 5.41) is 6.93. The van der Waals surface area contributed by atoms with Crippen molar-refractivity contribution < 1.29 is 32.7 Å². The predicted octanol–water partition coefficient (Wildman–Crippen LogP) is 2.11. The zero-order chi connectivity index (χ0) is 27.1. The Morgan fingerprint density at radius 3 is 2.58 bits per heavy atom. The van der Waals surface area contributed by atoms with E-state index >= 15 is 0 Å². The normalized spacial score (nSPS) is 20.4. The molecule has 1 aliphatic carbocycles. The highest BCUT2D eigenvalue weighted by atomic mass is 32.1. The minimum atomic E-state index is -2.77. The minimum Gasteiger partial charge on any atom is -0.377 e. The van der Waals surface area contributed by atoms with Crippen molar-refractivity contribution in [2.24, 2.45) is 5.92 Å². The number of benzene rings is 1. The van der Waals surface area contributed by atoms with Gasteiger partial charge in [-0.25, -0.2) is 13.8 Å². The van der Waals surface area contributed by atoms with E-state index in [2.05, 4.69) is 15.6 Å². The van der Waals surface area contributed by atoms with Crippen LogP contribution in [0.15, 0.2) is 41.2 Å². The summed E-state index contributed by atoms with van der Waals surface area (Å²) < 4.78 is 32.7. The molecule has 12 heteroatoms. The molecule has 9 nitrogen and oxygen atoms in total. The highest BCUT2D eigenvalue weighted by Crippen LogP contribution is 2.37. The fraction of sp³-hybridized carbons (Fsp3) is 0.500. The lowest BCUT2D eigenvalue weighted by molar-refractivity contribution is -0.155. The van der Waals surface area contributed by atoms with Gasteiger partial charge in [-0.3, -0.25) is 19.2 Å². The predicted molar refractivity (Wildman–Crippen MR) is 134 cm³/mol. The van der Waals surface area contributed by atoms with Crippen LogP contribution in [0.2, 0.25) is 0 Å². The number of halogens is 2. The first-order valence-electron chi connectivity index (χ1n) is 12.5. The minimum absolute atomic E-state index is 0.0474. The number of ketones is 1. The van der Waals surface area contributed by atoms with Gasteiger partial charge < -0.3 is 20.3 Å². The fourth-order valence-electron chi connectivity index (χ4n) is 4.67. The Hall–Kier alpha value is -3.25. The van der Waals surface area contributed by atoms with E-state index in [4.69, 9.17) is 4.74 Å². The van der Waals surface area contributed by atoms with Gasteiger partial charge in [-0.1, -0.05) is 30.3 Å². The van der Waals surface area contributed by atoms with E-state index in [1.165, 1.54) is 16.2 Å². The smallest absolute Gasteiger partial charge is 0.289 e. The number of carbonyl (C=O) groups is 4. The zero-order valence-corrected chi connectivity index (χ0v) is 21.6. The number of nitrogens with zero attached hydrogens (tertiary/aromatic N) is 2. The van der Waals surface area contributed by atoms with Crippen LogP contribution in [0.5, 0.6) is 0 Å². The molecule has 2 aliphatic rings. The molecular formula is C26H30F2N4O5S. The first-order chi connectivity index (χ1) is 18.2. The summed E-state index contributed by atoms with van der Waals surface area (Å²) in [4.78, 5) is 57.8. The molecule has 4 rings (SSSR count). The van der Waals surface area contributed by atoms with Crippen LogP contribution in [-0.2, 0) is 36.9 Å². The molecule has 2 heterocycles. The number of ether oxygens (including phenoxy) is 1. The average Bonchev–Trinajstić information content (AvgIpc) is 3.45. The van der Waals surface area contributed by atoms with Gasteiger partial charge in [-0.2, -0.15) is 0 Å². The van der Waals surface area contributed by atoms with Crippen LogP contribution in [-0.4, -0.2) is 71.2 Å². The molecular weight excluding hydrogens is 518 g/mol. The molecule has 204 valence electrons. The standard InChI is InChI=1S/C26H30F2N4O5S/c27-26(28)8-6-18(7-9-26)25(36)32-10-11-37-14-21(32)23(34)31-20(12-17-4-2-1-3-5-17)22(33)24(35)29-13-19-15-38-16-30-19/h1-5,15-16,18,20-21H,6-14H2,(H,29,35)(H,31,34)/t20-,21-/m1/s1. The van der Waals surface area contributed by atoms with Gasteiger partial charge >= 0.3 is 0 Å². The summed E-state index contributed by atoms with van der Waals surface area (Å²) in [6.45, 7) is 0.320. The summed E-state index contributed by atoms with van der Waals surface area (Å²) in [7, 11) is 0. The number of alkyl halides is 2. The first kappa shape index (κ1) is 27.8. The Bertz CT molecular complexity index is 1120. The summed E-state index contributed by atoms with van der Waals surface area (Å²) in [6.07, 6.45) is -0.574. The lowest BCUT2D eigenvalue weighted by atomic mass is 9.85. The molecule has 0 unspecified atom stereocenters. The molecule has 0 spiro atoms. The van der Waals surface area contributed by atoms with Crippen molar-refractivity contribution in [3.05, 3.63) is 52.5 Å². The van der Waals surface area contributed by atoms with Crippen LogP contribution >= 0.6 is 11.3 Å². The van der Waals surface area contributed by atoms with Gasteiger partial charge in [0.05, 0.1) is 31.0 Å². The van der Waals surface area contributed by atoms with Gasteiger partial charge in [0.25, 0.3) is 5.91 Å². The van der Waals surface area contributed by atoms with Crippen molar-refractivity contribution in [3.8, 4) is 0 Å². The molecule has 1 aliphatic heterocycles. The van der Waals surface area contributed by atoms with Gasteiger partial charge in [-0.15, -0.1) is 11.3 Å². The number of Topliss-reactive ketones (excluding diaryl/α,β-unsaturated/α-hetero) is 1. The zero-order valence-electron chi connectivity index (χ0n) is 20.7. The van der Waals surface area contributed by atoms with Crippen LogP contribution in [0.25, 0.3) is 0 Å². The monoisotopic (exact) mass is 548 g/mol. The number of carbonyl (C=O) groups excluding carboxylic acids is 4. The summed E-state index contributed by atoms with van der Waals surface area (Å²) in [5.74, 6) is -6.07. The number of hydrogen-bond donors (Lipinski definition) is 2. The second-order valence-electron chi connectivity index (χ2n) is 9.53. The summed E-state index contributed by atoms with van der Waals surface area (Å²) in [5.41, 5.74) is 2.95. The number of thiazole rings is 1. The van der Waals surface area contributed by atoms with Crippen molar-refractivity contribution in [2.45, 2.75) is 56.7 Å². The highest BCUT2D eigenvalue weighted by molar-refractivity contribution is 7.07. The van der Waals surface area contributed by atoms with Gasteiger partial charge in [0.1, 0.15) is 12.1 Å². The highest BCUT2D eigenvalue weighted by Gasteiger charge is 2.42. The molecule has 3 amide bonds. The molecule has 2 N–H and O–H groups in total. The second kappa shape index (κ2) is 12.5.